The van der Waals surface area contributed by atoms with Gasteiger partial charge >= 0.3 is 6.18 Å². The molecule has 224 valence electrons. The Morgan fingerprint density at radius 1 is 1.27 bits per heavy atom. The minimum atomic E-state index is -4.61. The molecule has 1 heterocycles. The zero-order chi connectivity index (χ0) is 30.4. The molecule has 0 radical (unpaired) electrons. The third kappa shape index (κ3) is 8.49. The molecule has 1 aliphatic carbocycles. The number of benzene rings is 1. The minimum Gasteiger partial charge on any atom is -0.384 e. The molecule has 1 aromatic carbocycles. The van der Waals surface area contributed by atoms with Crippen LogP contribution in [0.15, 0.2) is 47.6 Å². The number of alkyl halides is 3. The maximum absolute atomic E-state index is 14.2. The van der Waals surface area contributed by atoms with Crippen LogP contribution in [0.4, 0.5) is 13.2 Å². The first-order valence-corrected chi connectivity index (χ1v) is 15.6. The molecule has 0 saturated heterocycles. The zero-order valence-electron chi connectivity index (χ0n) is 23.3. The molecule has 2 amide bonds. The van der Waals surface area contributed by atoms with Gasteiger partial charge in [-0.25, -0.2) is 13.4 Å². The molecule has 1 aliphatic rings. The van der Waals surface area contributed by atoms with E-state index in [1.165, 1.54) is 38.3 Å². The molecule has 1 unspecified atom stereocenters. The number of halogens is 3. The number of allylic oxidation sites excluding steroid dienone is 6. The van der Waals surface area contributed by atoms with Crippen LogP contribution in [-0.2, 0) is 24.2 Å². The lowest BCUT2D eigenvalue weighted by Crippen LogP contribution is -2.41. The number of fused-ring (bicyclic) bond motifs is 1. The number of thiazole rings is 1. The number of ether oxygens (including phenoxy) is 1. The van der Waals surface area contributed by atoms with Gasteiger partial charge in [0.15, 0.2) is 15.1 Å². The number of sulfone groups is 1. The number of hydrogen-bond acceptors (Lipinski definition) is 7. The number of amides is 2. The van der Waals surface area contributed by atoms with Gasteiger partial charge < -0.3 is 15.4 Å². The van der Waals surface area contributed by atoms with Crippen molar-refractivity contribution in [3.05, 3.63) is 58.1 Å². The predicted octanol–water partition coefficient (Wildman–Crippen LogP) is 5.04. The molecule has 1 aromatic heterocycles. The van der Waals surface area contributed by atoms with Gasteiger partial charge in [0.2, 0.25) is 11.8 Å². The Kier molecular flexibility index (Phi) is 10.9. The van der Waals surface area contributed by atoms with E-state index in [4.69, 9.17) is 4.74 Å². The van der Waals surface area contributed by atoms with E-state index < -0.39 is 50.9 Å². The second-order valence-electron chi connectivity index (χ2n) is 9.65. The highest BCUT2D eigenvalue weighted by Gasteiger charge is 2.39. The average Bonchev–Trinajstić information content (AvgIpc) is 3.62. The Labute approximate surface area is 241 Å². The van der Waals surface area contributed by atoms with Crippen molar-refractivity contribution in [2.45, 2.75) is 57.5 Å². The Balaban J connectivity index is 2.05. The fraction of sp³-hybridized carbons (Fsp3) is 0.464. The molecule has 2 N–H and O–H groups in total. The summed E-state index contributed by atoms with van der Waals surface area (Å²) in [7, 11) is -2.80. The molecule has 3 rings (SSSR count). The number of aromatic nitrogens is 1. The molecular formula is C28H34F3N3O5S2. The lowest BCUT2D eigenvalue weighted by atomic mass is 9.92. The van der Waals surface area contributed by atoms with Gasteiger partial charge in [0.1, 0.15) is 5.01 Å². The predicted molar refractivity (Wildman–Crippen MR) is 154 cm³/mol. The summed E-state index contributed by atoms with van der Waals surface area (Å²) in [6.45, 7) is 4.22. The van der Waals surface area contributed by atoms with Crippen molar-refractivity contribution in [1.29, 1.82) is 0 Å². The molecule has 0 spiro atoms. The number of nitrogens with one attached hydrogen (secondary N) is 2. The van der Waals surface area contributed by atoms with Crippen molar-refractivity contribution in [1.82, 2.24) is 15.6 Å². The smallest absolute Gasteiger partial charge is 0.384 e. The standard InChI is InChI=1S/C28H34F3N3O5S2/c1-5-7-8-20(24(17(3)6-2)28(29,30)31)18-9-12-22-21(15-18)34-27(40-22)25(41(37,38)14-13-39-4)26(36)32-16-23(35)33-19-10-11-19/h5,7-9,12,15,19,25H,6,10-11,13-14,16H2,1-4H3,(H,32,36)(H,33,35)/b7-5-,20-8-,24-17-. The van der Waals surface area contributed by atoms with E-state index in [-0.39, 0.29) is 46.3 Å². The van der Waals surface area contributed by atoms with Crippen LogP contribution in [0.5, 0.6) is 0 Å². The molecule has 41 heavy (non-hydrogen) atoms. The van der Waals surface area contributed by atoms with Gasteiger partial charge in [-0.15, -0.1) is 11.3 Å². The first kappa shape index (κ1) is 32.5. The van der Waals surface area contributed by atoms with Crippen molar-refractivity contribution in [2.24, 2.45) is 0 Å². The van der Waals surface area contributed by atoms with E-state index in [1.54, 1.807) is 26.0 Å². The fourth-order valence-corrected chi connectivity index (χ4v) is 6.97. The molecule has 2 aromatic rings. The van der Waals surface area contributed by atoms with Crippen molar-refractivity contribution < 1.29 is 35.9 Å². The Morgan fingerprint density at radius 3 is 2.56 bits per heavy atom. The van der Waals surface area contributed by atoms with E-state index >= 15 is 0 Å². The highest BCUT2D eigenvalue weighted by atomic mass is 32.2. The summed E-state index contributed by atoms with van der Waals surface area (Å²) in [6.07, 6.45) is 1.81. The van der Waals surface area contributed by atoms with Gasteiger partial charge in [-0.2, -0.15) is 13.2 Å². The highest BCUT2D eigenvalue weighted by Crippen LogP contribution is 2.41. The van der Waals surface area contributed by atoms with Crippen LogP contribution in [0.1, 0.15) is 55.9 Å². The van der Waals surface area contributed by atoms with Gasteiger partial charge in [0.05, 0.1) is 34.7 Å². The summed E-state index contributed by atoms with van der Waals surface area (Å²) >= 11 is 0.952. The zero-order valence-corrected chi connectivity index (χ0v) is 24.9. The second kappa shape index (κ2) is 13.8. The van der Waals surface area contributed by atoms with Gasteiger partial charge in [0.25, 0.3) is 0 Å². The molecule has 0 aliphatic heterocycles. The summed E-state index contributed by atoms with van der Waals surface area (Å²) in [5.74, 6) is -1.82. The summed E-state index contributed by atoms with van der Waals surface area (Å²) in [4.78, 5) is 29.6. The normalized spacial score (nSPS) is 16.1. The van der Waals surface area contributed by atoms with Crippen molar-refractivity contribution in [3.8, 4) is 0 Å². The van der Waals surface area contributed by atoms with Crippen LogP contribution in [0.3, 0.4) is 0 Å². The number of rotatable bonds is 13. The van der Waals surface area contributed by atoms with Crippen LogP contribution in [-0.4, -0.2) is 63.4 Å². The summed E-state index contributed by atoms with van der Waals surface area (Å²) in [6, 6.07) is 4.61. The molecule has 0 bridgehead atoms. The van der Waals surface area contributed by atoms with Crippen LogP contribution >= 0.6 is 11.3 Å². The van der Waals surface area contributed by atoms with Crippen molar-refractivity contribution >= 4 is 48.8 Å². The Hall–Kier alpha value is -3.03. The third-order valence-electron chi connectivity index (χ3n) is 6.44. The minimum absolute atomic E-state index is 0.0462. The Bertz CT molecular complexity index is 1470. The quantitative estimate of drug-likeness (QED) is 0.306. The largest absolute Gasteiger partial charge is 0.416 e. The molecule has 1 atom stereocenters. The molecule has 1 fully saturated rings. The van der Waals surface area contributed by atoms with Crippen LogP contribution in [0.2, 0.25) is 0 Å². The van der Waals surface area contributed by atoms with E-state index in [2.05, 4.69) is 15.6 Å². The van der Waals surface area contributed by atoms with Gasteiger partial charge in [0, 0.05) is 13.2 Å². The topological polar surface area (TPSA) is 114 Å². The highest BCUT2D eigenvalue weighted by molar-refractivity contribution is 7.92. The average molecular weight is 614 g/mol. The fourth-order valence-electron chi connectivity index (χ4n) is 4.06. The first-order valence-electron chi connectivity index (χ1n) is 13.1. The van der Waals surface area contributed by atoms with E-state index in [9.17, 15) is 31.2 Å². The summed E-state index contributed by atoms with van der Waals surface area (Å²) in [5, 5.41) is 3.33. The number of nitrogens with zero attached hydrogens (tertiary/aromatic N) is 1. The van der Waals surface area contributed by atoms with Crippen LogP contribution in [0, 0.1) is 0 Å². The second-order valence-corrected chi connectivity index (χ2v) is 12.9. The van der Waals surface area contributed by atoms with Gasteiger partial charge in [-0.3, -0.25) is 9.59 Å². The summed E-state index contributed by atoms with van der Waals surface area (Å²) in [5.41, 5.74) is -0.144. The SMILES string of the molecule is C\C=C/C=C(\C(=C(/C)CC)C(F)(F)F)c1ccc2sc(C(C(=O)NCC(=O)NC3CC3)S(=O)(=O)CCOC)nc2c1. The van der Waals surface area contributed by atoms with E-state index in [0.29, 0.717) is 4.70 Å². The van der Waals surface area contributed by atoms with Crippen molar-refractivity contribution in [2.75, 3.05) is 26.0 Å². The lowest BCUT2D eigenvalue weighted by molar-refractivity contribution is -0.126. The number of hydrogen-bond donors (Lipinski definition) is 2. The lowest BCUT2D eigenvalue weighted by Gasteiger charge is -2.19. The van der Waals surface area contributed by atoms with E-state index in [1.807, 2.05) is 0 Å². The van der Waals surface area contributed by atoms with Crippen LogP contribution in [0.25, 0.3) is 15.8 Å². The van der Waals surface area contributed by atoms with Crippen molar-refractivity contribution in [3.63, 3.8) is 0 Å². The number of carbonyl (C=O) groups excluding carboxylic acids is 2. The Morgan fingerprint density at radius 2 is 1.98 bits per heavy atom. The molecule has 1 saturated carbocycles. The molecular weight excluding hydrogens is 579 g/mol. The first-order chi connectivity index (χ1) is 19.3. The van der Waals surface area contributed by atoms with Gasteiger partial charge in [-0.05, 0) is 56.4 Å². The number of methoxy groups -OCH3 is 1. The van der Waals surface area contributed by atoms with Crippen LogP contribution < -0.4 is 10.6 Å². The third-order valence-corrected chi connectivity index (χ3v) is 9.58. The summed E-state index contributed by atoms with van der Waals surface area (Å²) < 4.78 is 74.4. The van der Waals surface area contributed by atoms with Gasteiger partial charge in [-0.1, -0.05) is 36.8 Å². The maximum Gasteiger partial charge on any atom is 0.416 e. The number of carbonyl (C=O) groups is 2. The monoisotopic (exact) mass is 613 g/mol. The maximum atomic E-state index is 14.2. The van der Waals surface area contributed by atoms with E-state index in [0.717, 1.165) is 24.2 Å². The molecule has 13 heteroatoms. The molecule has 8 nitrogen and oxygen atoms in total.